The summed E-state index contributed by atoms with van der Waals surface area (Å²) in [5.74, 6) is -0.385. The number of aromatic nitrogens is 1. The molecule has 0 radical (unpaired) electrons. The largest absolute Gasteiger partial charge is 0.481 e. The predicted molar refractivity (Wildman–Crippen MR) is 91.7 cm³/mol. The Balaban J connectivity index is 1.79. The van der Waals surface area contributed by atoms with E-state index in [4.69, 9.17) is 5.11 Å². The maximum atomic E-state index is 12.1. The highest BCUT2D eigenvalue weighted by molar-refractivity contribution is 5.74. The second-order valence-electron chi connectivity index (χ2n) is 6.88. The van der Waals surface area contributed by atoms with Crippen LogP contribution in [0.3, 0.4) is 0 Å². The van der Waals surface area contributed by atoms with Gasteiger partial charge >= 0.3 is 12.0 Å². The van der Waals surface area contributed by atoms with Gasteiger partial charge in [-0.25, -0.2) is 4.79 Å². The Bertz CT molecular complexity index is 540. The lowest BCUT2D eigenvalue weighted by Crippen LogP contribution is -2.45. The molecule has 0 spiro atoms. The highest BCUT2D eigenvalue weighted by atomic mass is 16.4. The van der Waals surface area contributed by atoms with Gasteiger partial charge in [0, 0.05) is 30.9 Å². The Labute approximate surface area is 143 Å². The number of carboxylic acids is 1. The number of nitrogens with zero attached hydrogens (tertiary/aromatic N) is 1. The van der Waals surface area contributed by atoms with E-state index in [9.17, 15) is 9.59 Å². The zero-order valence-electron chi connectivity index (χ0n) is 14.4. The summed E-state index contributed by atoms with van der Waals surface area (Å²) in [6.45, 7) is 4.81. The minimum atomic E-state index is -0.728. The molecule has 1 unspecified atom stereocenters. The number of rotatable bonds is 6. The van der Waals surface area contributed by atoms with Crippen LogP contribution in [0.25, 0.3) is 0 Å². The van der Waals surface area contributed by atoms with E-state index in [0.29, 0.717) is 25.3 Å². The molecule has 1 atom stereocenters. The van der Waals surface area contributed by atoms with Crippen molar-refractivity contribution in [2.75, 3.05) is 6.54 Å². The molecule has 2 rings (SSSR count). The molecule has 1 aromatic heterocycles. The molecule has 0 saturated heterocycles. The zero-order valence-corrected chi connectivity index (χ0v) is 14.4. The van der Waals surface area contributed by atoms with E-state index in [2.05, 4.69) is 29.5 Å². The van der Waals surface area contributed by atoms with Gasteiger partial charge in [0.1, 0.15) is 0 Å². The lowest BCUT2D eigenvalue weighted by atomic mass is 9.86. The van der Waals surface area contributed by atoms with Crippen LogP contribution in [0.4, 0.5) is 4.79 Å². The summed E-state index contributed by atoms with van der Waals surface area (Å²) in [5, 5.41) is 14.9. The minimum absolute atomic E-state index is 0.0662. The molecule has 0 aliphatic heterocycles. The molecule has 1 saturated carbocycles. The Morgan fingerprint density at radius 2 is 2.00 bits per heavy atom. The van der Waals surface area contributed by atoms with Crippen molar-refractivity contribution in [2.45, 2.75) is 51.5 Å². The minimum Gasteiger partial charge on any atom is -0.481 e. The molecule has 0 aromatic carbocycles. The molecule has 2 amide bonds. The molecule has 0 bridgehead atoms. The van der Waals surface area contributed by atoms with Crippen LogP contribution < -0.4 is 10.6 Å². The summed E-state index contributed by atoms with van der Waals surface area (Å²) in [5.41, 5.74) is 1.12. The third-order valence-corrected chi connectivity index (χ3v) is 4.81. The van der Waals surface area contributed by atoms with Gasteiger partial charge in [0.2, 0.25) is 0 Å². The molecule has 6 nitrogen and oxygen atoms in total. The molecule has 1 fully saturated rings. The molecular weight excluding hydrogens is 306 g/mol. The van der Waals surface area contributed by atoms with Gasteiger partial charge in [-0.15, -0.1) is 0 Å². The van der Waals surface area contributed by atoms with E-state index < -0.39 is 5.97 Å². The first-order valence-corrected chi connectivity index (χ1v) is 8.64. The van der Waals surface area contributed by atoms with Gasteiger partial charge in [-0.1, -0.05) is 19.9 Å². The highest BCUT2D eigenvalue weighted by Gasteiger charge is 2.27. The molecule has 6 heteroatoms. The van der Waals surface area contributed by atoms with E-state index in [-0.39, 0.29) is 23.9 Å². The summed E-state index contributed by atoms with van der Waals surface area (Å²) in [6, 6.07) is 3.83. The maximum absolute atomic E-state index is 12.1. The fraction of sp³-hybridized carbons (Fsp3) is 0.611. The van der Waals surface area contributed by atoms with E-state index in [0.717, 1.165) is 18.4 Å². The number of hydrogen-bond donors (Lipinski definition) is 3. The Kier molecular flexibility index (Phi) is 6.58. The van der Waals surface area contributed by atoms with Crippen molar-refractivity contribution in [3.05, 3.63) is 30.1 Å². The number of amides is 2. The van der Waals surface area contributed by atoms with Crippen molar-refractivity contribution in [1.82, 2.24) is 15.6 Å². The zero-order chi connectivity index (χ0) is 17.5. The van der Waals surface area contributed by atoms with Gasteiger partial charge in [0.15, 0.2) is 0 Å². The second-order valence-corrected chi connectivity index (χ2v) is 6.88. The smallest absolute Gasteiger partial charge is 0.315 e. The number of pyridine rings is 1. The van der Waals surface area contributed by atoms with Crippen molar-refractivity contribution in [1.29, 1.82) is 0 Å². The lowest BCUT2D eigenvalue weighted by Gasteiger charge is -2.27. The van der Waals surface area contributed by atoms with E-state index in [1.54, 1.807) is 6.20 Å². The van der Waals surface area contributed by atoms with Crippen molar-refractivity contribution in [3.63, 3.8) is 0 Å². The molecule has 24 heavy (non-hydrogen) atoms. The molecule has 1 heterocycles. The number of nitrogens with one attached hydrogen (secondary N) is 2. The van der Waals surface area contributed by atoms with Gasteiger partial charge in [-0.3, -0.25) is 9.78 Å². The topological polar surface area (TPSA) is 91.3 Å². The second kappa shape index (κ2) is 8.66. The summed E-state index contributed by atoms with van der Waals surface area (Å²) in [6.07, 6.45) is 6.29. The Hall–Kier alpha value is -2.11. The van der Waals surface area contributed by atoms with Gasteiger partial charge in [-0.05, 0) is 43.2 Å². The summed E-state index contributed by atoms with van der Waals surface area (Å²) in [4.78, 5) is 27.2. The van der Waals surface area contributed by atoms with Gasteiger partial charge < -0.3 is 15.7 Å². The average molecular weight is 333 g/mol. The quantitative estimate of drug-likeness (QED) is 0.746. The maximum Gasteiger partial charge on any atom is 0.315 e. The lowest BCUT2D eigenvalue weighted by molar-refractivity contribution is -0.142. The van der Waals surface area contributed by atoms with Crippen LogP contribution in [0, 0.1) is 11.8 Å². The summed E-state index contributed by atoms with van der Waals surface area (Å²) in [7, 11) is 0. The molecule has 132 valence electrons. The number of carboxylic acid groups (broad SMARTS) is 1. The first-order chi connectivity index (χ1) is 11.5. The SMILES string of the molecule is CC(C)C(CNC(=O)NC1CCC(C(=O)O)CC1)c1cccnc1. The number of aliphatic carboxylic acids is 1. The molecule has 1 aromatic rings. The van der Waals surface area contributed by atoms with Crippen LogP contribution in [0.1, 0.15) is 51.0 Å². The Morgan fingerprint density at radius 1 is 1.29 bits per heavy atom. The normalized spacial score (nSPS) is 22.0. The van der Waals surface area contributed by atoms with Crippen LogP contribution in [0.5, 0.6) is 0 Å². The third kappa shape index (κ3) is 5.22. The monoisotopic (exact) mass is 333 g/mol. The van der Waals surface area contributed by atoms with Crippen molar-refractivity contribution >= 4 is 12.0 Å². The number of hydrogen-bond acceptors (Lipinski definition) is 3. The first kappa shape index (κ1) is 18.2. The van der Waals surface area contributed by atoms with Crippen molar-refractivity contribution in [2.24, 2.45) is 11.8 Å². The van der Waals surface area contributed by atoms with Crippen LogP contribution in [0.15, 0.2) is 24.5 Å². The molecule has 3 N–H and O–H groups in total. The Morgan fingerprint density at radius 3 is 2.54 bits per heavy atom. The van der Waals surface area contributed by atoms with Gasteiger partial charge in [0.05, 0.1) is 5.92 Å². The predicted octanol–water partition coefficient (Wildman–Crippen LogP) is 2.76. The fourth-order valence-corrected chi connectivity index (χ4v) is 3.26. The first-order valence-electron chi connectivity index (χ1n) is 8.64. The molecular formula is C18H27N3O3. The van der Waals surface area contributed by atoms with E-state index in [1.165, 1.54) is 0 Å². The van der Waals surface area contributed by atoms with E-state index >= 15 is 0 Å². The third-order valence-electron chi connectivity index (χ3n) is 4.81. The van der Waals surface area contributed by atoms with Crippen LogP contribution in [0.2, 0.25) is 0 Å². The number of carbonyl (C=O) groups is 2. The van der Waals surface area contributed by atoms with E-state index in [1.807, 2.05) is 18.3 Å². The van der Waals surface area contributed by atoms with Crippen molar-refractivity contribution in [3.8, 4) is 0 Å². The molecule has 1 aliphatic rings. The number of carbonyl (C=O) groups excluding carboxylic acids is 1. The van der Waals surface area contributed by atoms with Crippen LogP contribution >= 0.6 is 0 Å². The summed E-state index contributed by atoms with van der Waals surface area (Å²) >= 11 is 0. The van der Waals surface area contributed by atoms with Gasteiger partial charge in [-0.2, -0.15) is 0 Å². The van der Waals surface area contributed by atoms with Crippen LogP contribution in [-0.4, -0.2) is 34.7 Å². The standard InChI is InChI=1S/C18H27N3O3/c1-12(2)16(14-4-3-9-19-10-14)11-20-18(24)21-15-7-5-13(6-8-15)17(22)23/h3-4,9-10,12-13,15-16H,5-8,11H2,1-2H3,(H,22,23)(H2,20,21,24). The van der Waals surface area contributed by atoms with Gasteiger partial charge in [0.25, 0.3) is 0 Å². The molecule has 1 aliphatic carbocycles. The summed E-state index contributed by atoms with van der Waals surface area (Å²) < 4.78 is 0. The highest BCUT2D eigenvalue weighted by Crippen LogP contribution is 2.25. The average Bonchev–Trinajstić information content (AvgIpc) is 2.56. The fourth-order valence-electron chi connectivity index (χ4n) is 3.26. The van der Waals surface area contributed by atoms with Crippen molar-refractivity contribution < 1.29 is 14.7 Å². The van der Waals surface area contributed by atoms with Crippen LogP contribution in [-0.2, 0) is 4.79 Å². The number of urea groups is 1.